The molecule has 1 aliphatic heterocycles. The second-order valence-electron chi connectivity index (χ2n) is 11.1. The van der Waals surface area contributed by atoms with Crippen molar-refractivity contribution < 1.29 is 24.0 Å². The summed E-state index contributed by atoms with van der Waals surface area (Å²) in [5.41, 5.74) is 0.449. The maximum atomic E-state index is 13.4. The van der Waals surface area contributed by atoms with Crippen LogP contribution in [0.2, 0.25) is 0 Å². The molecule has 0 radical (unpaired) electrons. The van der Waals surface area contributed by atoms with Crippen molar-refractivity contribution >= 4 is 40.3 Å². The van der Waals surface area contributed by atoms with Gasteiger partial charge in [0.05, 0.1) is 6.04 Å². The van der Waals surface area contributed by atoms with Gasteiger partial charge in [0.1, 0.15) is 11.7 Å². The minimum atomic E-state index is -1.21. The smallest absolute Gasteiger partial charge is 0.290 e. The van der Waals surface area contributed by atoms with Gasteiger partial charge in [-0.25, -0.2) is 0 Å². The number of ketones is 1. The molecule has 4 amide bonds. The van der Waals surface area contributed by atoms with Crippen LogP contribution in [0.1, 0.15) is 64.4 Å². The summed E-state index contributed by atoms with van der Waals surface area (Å²) in [5.74, 6) is -3.36. The molecule has 0 bridgehead atoms. The summed E-state index contributed by atoms with van der Waals surface area (Å²) in [5, 5.41) is 11.6. The molecule has 3 rings (SSSR count). The molecule has 2 aromatic rings. The molecule has 2 heterocycles. The van der Waals surface area contributed by atoms with Gasteiger partial charge in [0.2, 0.25) is 17.6 Å². The van der Waals surface area contributed by atoms with E-state index in [2.05, 4.69) is 26.3 Å². The van der Waals surface area contributed by atoms with E-state index in [0.29, 0.717) is 25.1 Å². The van der Waals surface area contributed by atoms with E-state index in [1.807, 2.05) is 38.1 Å². The molecule has 10 heteroatoms. The number of H-pyrrole nitrogens is 1. The average Bonchev–Trinajstić information content (AvgIpc) is 3.42. The summed E-state index contributed by atoms with van der Waals surface area (Å²) in [6.45, 7) is 9.54. The molecule has 1 saturated heterocycles. The highest BCUT2D eigenvalue weighted by atomic mass is 16.2. The molecule has 200 valence electrons. The standard InChI is InChI=1S/C27H37N5O5/c1-15(2)12-20(31-25(36)21-13-16-8-6-7-9-18(16)29-21)24(35)30-19(14-17-10-11-28-23(17)34)22(33)26(37)32-27(3,4)5/h6-9,13,15,17,19-20,29H,10-12,14H2,1-5H3,(H,28,34)(H,30,35)(H,31,36)(H,32,37)/t17-,19-,20-/m0/s1. The largest absolute Gasteiger partial charge is 0.356 e. The Morgan fingerprint density at radius 1 is 1.05 bits per heavy atom. The van der Waals surface area contributed by atoms with Gasteiger partial charge in [0, 0.05) is 28.9 Å². The number of Topliss-reactive ketones (excluding diaryl/α,β-unsaturated/α-hetero) is 1. The molecule has 1 aromatic carbocycles. The summed E-state index contributed by atoms with van der Waals surface area (Å²) in [6.07, 6.45) is 0.820. The second-order valence-corrected chi connectivity index (χ2v) is 11.1. The van der Waals surface area contributed by atoms with Crippen molar-refractivity contribution in [2.45, 2.75) is 71.5 Å². The molecule has 0 aliphatic carbocycles. The van der Waals surface area contributed by atoms with E-state index in [4.69, 9.17) is 0 Å². The van der Waals surface area contributed by atoms with E-state index >= 15 is 0 Å². The number of aromatic amines is 1. The summed E-state index contributed by atoms with van der Waals surface area (Å²) < 4.78 is 0. The highest BCUT2D eigenvalue weighted by Crippen LogP contribution is 2.18. The fourth-order valence-corrected chi connectivity index (χ4v) is 4.35. The third-order valence-corrected chi connectivity index (χ3v) is 6.13. The maximum Gasteiger partial charge on any atom is 0.290 e. The van der Waals surface area contributed by atoms with Crippen LogP contribution in [0.15, 0.2) is 30.3 Å². The number of nitrogens with one attached hydrogen (secondary N) is 5. The first-order valence-corrected chi connectivity index (χ1v) is 12.7. The van der Waals surface area contributed by atoms with Crippen molar-refractivity contribution in [3.8, 4) is 0 Å². The number of carbonyl (C=O) groups is 5. The predicted octanol–water partition coefficient (Wildman–Crippen LogP) is 1.81. The first-order valence-electron chi connectivity index (χ1n) is 12.7. The Bertz CT molecular complexity index is 1150. The van der Waals surface area contributed by atoms with Crippen LogP contribution in [0.3, 0.4) is 0 Å². The van der Waals surface area contributed by atoms with Gasteiger partial charge in [-0.1, -0.05) is 32.0 Å². The number of hydrogen-bond acceptors (Lipinski definition) is 5. The van der Waals surface area contributed by atoms with E-state index < -0.39 is 47.0 Å². The SMILES string of the molecule is CC(C)C[C@H](NC(=O)c1cc2ccccc2[nH]1)C(=O)N[C@@H](C[C@@H]1CCNC1=O)C(=O)C(=O)NC(C)(C)C. The molecule has 1 fully saturated rings. The molecular formula is C27H37N5O5. The van der Waals surface area contributed by atoms with Gasteiger partial charge in [-0.15, -0.1) is 0 Å². The first-order chi connectivity index (χ1) is 17.3. The van der Waals surface area contributed by atoms with Crippen LogP contribution in [0.25, 0.3) is 10.9 Å². The van der Waals surface area contributed by atoms with E-state index in [-0.39, 0.29) is 18.2 Å². The number of aromatic nitrogens is 1. The molecule has 37 heavy (non-hydrogen) atoms. The Labute approximate surface area is 216 Å². The normalized spacial score (nSPS) is 17.2. The van der Waals surface area contributed by atoms with Crippen LogP contribution < -0.4 is 21.3 Å². The third-order valence-electron chi connectivity index (χ3n) is 6.13. The Kier molecular flexibility index (Phi) is 8.73. The molecular weight excluding hydrogens is 474 g/mol. The lowest BCUT2D eigenvalue weighted by atomic mass is 9.94. The quantitative estimate of drug-likeness (QED) is 0.309. The van der Waals surface area contributed by atoms with Gasteiger partial charge >= 0.3 is 0 Å². The van der Waals surface area contributed by atoms with Gasteiger partial charge in [-0.2, -0.15) is 0 Å². The molecule has 5 N–H and O–H groups in total. The van der Waals surface area contributed by atoms with Gasteiger partial charge < -0.3 is 26.3 Å². The molecule has 10 nitrogen and oxygen atoms in total. The Hall–Kier alpha value is -3.69. The molecule has 3 atom stereocenters. The van der Waals surface area contributed by atoms with Gasteiger partial charge in [0.15, 0.2) is 0 Å². The van der Waals surface area contributed by atoms with Crippen LogP contribution in [0, 0.1) is 11.8 Å². The van der Waals surface area contributed by atoms with Crippen LogP contribution in [-0.4, -0.2) is 58.6 Å². The van der Waals surface area contributed by atoms with Crippen LogP contribution in [0.4, 0.5) is 0 Å². The van der Waals surface area contributed by atoms with E-state index in [1.165, 1.54) is 0 Å². The summed E-state index contributed by atoms with van der Waals surface area (Å²) in [7, 11) is 0. The summed E-state index contributed by atoms with van der Waals surface area (Å²) in [6, 6.07) is 7.00. The average molecular weight is 512 g/mol. The Morgan fingerprint density at radius 2 is 1.76 bits per heavy atom. The first kappa shape index (κ1) is 27.9. The van der Waals surface area contributed by atoms with Gasteiger partial charge in [-0.3, -0.25) is 24.0 Å². The minimum absolute atomic E-state index is 0.00165. The second kappa shape index (κ2) is 11.6. The van der Waals surface area contributed by atoms with Crippen molar-refractivity contribution in [2.75, 3.05) is 6.54 Å². The van der Waals surface area contributed by atoms with Gasteiger partial charge in [0.25, 0.3) is 11.8 Å². The van der Waals surface area contributed by atoms with Crippen LogP contribution in [-0.2, 0) is 19.2 Å². The third kappa shape index (κ3) is 7.65. The lowest BCUT2D eigenvalue weighted by molar-refractivity contribution is -0.141. The maximum absolute atomic E-state index is 13.4. The van der Waals surface area contributed by atoms with Crippen LogP contribution >= 0.6 is 0 Å². The topological polar surface area (TPSA) is 149 Å². The zero-order chi connectivity index (χ0) is 27.3. The van der Waals surface area contributed by atoms with E-state index in [9.17, 15) is 24.0 Å². The zero-order valence-corrected chi connectivity index (χ0v) is 22.1. The number of para-hydroxylation sites is 1. The fourth-order valence-electron chi connectivity index (χ4n) is 4.35. The van der Waals surface area contributed by atoms with Crippen molar-refractivity contribution in [2.24, 2.45) is 11.8 Å². The molecule has 0 unspecified atom stereocenters. The highest BCUT2D eigenvalue weighted by molar-refractivity contribution is 6.38. The summed E-state index contributed by atoms with van der Waals surface area (Å²) >= 11 is 0. The minimum Gasteiger partial charge on any atom is -0.356 e. The number of rotatable bonds is 10. The van der Waals surface area contributed by atoms with E-state index in [0.717, 1.165) is 10.9 Å². The monoisotopic (exact) mass is 511 g/mol. The van der Waals surface area contributed by atoms with E-state index in [1.54, 1.807) is 26.8 Å². The van der Waals surface area contributed by atoms with Gasteiger partial charge in [-0.05, 0) is 58.1 Å². The Morgan fingerprint density at radius 3 is 2.35 bits per heavy atom. The number of amides is 4. The van der Waals surface area contributed by atoms with Crippen molar-refractivity contribution in [1.29, 1.82) is 0 Å². The fraction of sp³-hybridized carbons (Fsp3) is 0.519. The highest BCUT2D eigenvalue weighted by Gasteiger charge is 2.36. The summed E-state index contributed by atoms with van der Waals surface area (Å²) in [4.78, 5) is 67.3. The number of carbonyl (C=O) groups excluding carboxylic acids is 5. The van der Waals surface area contributed by atoms with Crippen molar-refractivity contribution in [3.05, 3.63) is 36.0 Å². The lowest BCUT2D eigenvalue weighted by Gasteiger charge is -2.26. The van der Waals surface area contributed by atoms with Crippen molar-refractivity contribution in [1.82, 2.24) is 26.3 Å². The lowest BCUT2D eigenvalue weighted by Crippen LogP contribution is -2.56. The molecule has 1 aromatic heterocycles. The number of fused-ring (bicyclic) bond motifs is 1. The predicted molar refractivity (Wildman–Crippen MR) is 140 cm³/mol. The Balaban J connectivity index is 1.78. The molecule has 0 saturated carbocycles. The van der Waals surface area contributed by atoms with Crippen LogP contribution in [0.5, 0.6) is 0 Å². The molecule has 1 aliphatic rings. The zero-order valence-electron chi connectivity index (χ0n) is 22.1. The van der Waals surface area contributed by atoms with Crippen molar-refractivity contribution in [3.63, 3.8) is 0 Å². The number of hydrogen-bond donors (Lipinski definition) is 5. The number of benzene rings is 1. The molecule has 0 spiro atoms.